The molecule has 0 aromatic heterocycles. The minimum absolute atomic E-state index is 0.0452. The summed E-state index contributed by atoms with van der Waals surface area (Å²) in [6, 6.07) is 4.97. The van der Waals surface area contributed by atoms with Crippen LogP contribution in [0.4, 0.5) is 5.69 Å². The van der Waals surface area contributed by atoms with Gasteiger partial charge in [-0.25, -0.2) is 0 Å². The molecule has 0 heterocycles. The van der Waals surface area contributed by atoms with Gasteiger partial charge in [0.25, 0.3) is 0 Å². The van der Waals surface area contributed by atoms with E-state index in [0.717, 1.165) is 11.3 Å². The molecular formula is C10H12ClNO2. The van der Waals surface area contributed by atoms with Gasteiger partial charge in [-0.2, -0.15) is 0 Å². The third-order valence-corrected chi connectivity index (χ3v) is 2.28. The van der Waals surface area contributed by atoms with Gasteiger partial charge in [0.05, 0.1) is 0 Å². The van der Waals surface area contributed by atoms with Crippen molar-refractivity contribution in [1.29, 1.82) is 0 Å². The smallest absolute Gasteiger partial charge is 0.241 e. The van der Waals surface area contributed by atoms with Crippen LogP contribution in [0.3, 0.4) is 0 Å². The van der Waals surface area contributed by atoms with Gasteiger partial charge < -0.3 is 10.0 Å². The highest BCUT2D eigenvalue weighted by Gasteiger charge is 2.09. The van der Waals surface area contributed by atoms with Crippen LogP contribution in [0, 0.1) is 6.92 Å². The fourth-order valence-corrected chi connectivity index (χ4v) is 1.26. The molecule has 0 fully saturated rings. The molecule has 3 nitrogen and oxygen atoms in total. The number of phenolic OH excluding ortho intramolecular Hbond substituents is 1. The van der Waals surface area contributed by atoms with E-state index in [4.69, 9.17) is 11.6 Å². The lowest BCUT2D eigenvalue weighted by Gasteiger charge is -2.16. The fraction of sp³-hybridized carbons (Fsp3) is 0.300. The molecule has 0 atom stereocenters. The van der Waals surface area contributed by atoms with Gasteiger partial charge in [-0.05, 0) is 30.7 Å². The van der Waals surface area contributed by atoms with Gasteiger partial charge in [-0.3, -0.25) is 4.79 Å². The minimum Gasteiger partial charge on any atom is -0.508 e. The first-order valence-electron chi connectivity index (χ1n) is 4.18. The average Bonchev–Trinajstić information content (AvgIpc) is 2.20. The second-order valence-electron chi connectivity index (χ2n) is 3.06. The second-order valence-corrected chi connectivity index (χ2v) is 3.32. The minimum atomic E-state index is -0.170. The van der Waals surface area contributed by atoms with Crippen LogP contribution in [-0.2, 0) is 4.79 Å². The van der Waals surface area contributed by atoms with E-state index in [1.54, 1.807) is 32.2 Å². The number of hydrogen-bond acceptors (Lipinski definition) is 2. The normalized spacial score (nSPS) is 9.93. The number of phenols is 1. The number of rotatable bonds is 2. The predicted octanol–water partition coefficient (Wildman–Crippen LogP) is 1.90. The van der Waals surface area contributed by atoms with Gasteiger partial charge in [0, 0.05) is 12.7 Å². The molecule has 0 aliphatic heterocycles. The number of alkyl halides is 1. The summed E-state index contributed by atoms with van der Waals surface area (Å²) in [4.78, 5) is 12.7. The first-order chi connectivity index (χ1) is 6.56. The molecule has 0 radical (unpaired) electrons. The number of aromatic hydroxyl groups is 1. The third kappa shape index (κ3) is 2.17. The number of carbonyl (C=O) groups is 1. The molecule has 1 N–H and O–H groups in total. The van der Waals surface area contributed by atoms with E-state index in [1.165, 1.54) is 4.90 Å². The lowest BCUT2D eigenvalue weighted by molar-refractivity contribution is -0.116. The zero-order valence-corrected chi connectivity index (χ0v) is 8.88. The van der Waals surface area contributed by atoms with E-state index in [9.17, 15) is 9.90 Å². The summed E-state index contributed by atoms with van der Waals surface area (Å²) in [5, 5.41) is 9.29. The molecular weight excluding hydrogens is 202 g/mol. The molecule has 1 amide bonds. The molecule has 1 aromatic rings. The maximum absolute atomic E-state index is 11.2. The number of halogens is 1. The first kappa shape index (κ1) is 10.9. The van der Waals surface area contributed by atoms with Crippen molar-refractivity contribution in [3.05, 3.63) is 23.8 Å². The summed E-state index contributed by atoms with van der Waals surface area (Å²) in [6.45, 7) is 1.78. The molecule has 0 unspecified atom stereocenters. The first-order valence-corrected chi connectivity index (χ1v) is 4.72. The van der Waals surface area contributed by atoms with Gasteiger partial charge in [0.15, 0.2) is 0 Å². The Morgan fingerprint density at radius 1 is 1.57 bits per heavy atom. The van der Waals surface area contributed by atoms with Crippen molar-refractivity contribution in [1.82, 2.24) is 0 Å². The summed E-state index contributed by atoms with van der Waals surface area (Å²) in [7, 11) is 1.65. The van der Waals surface area contributed by atoms with E-state index in [1.807, 2.05) is 0 Å². The molecule has 14 heavy (non-hydrogen) atoms. The Morgan fingerprint density at radius 3 is 2.71 bits per heavy atom. The van der Waals surface area contributed by atoms with Crippen molar-refractivity contribution in [3.63, 3.8) is 0 Å². The number of nitrogens with zero attached hydrogens (tertiary/aromatic N) is 1. The van der Waals surface area contributed by atoms with Crippen LogP contribution in [0.15, 0.2) is 18.2 Å². The Bertz CT molecular complexity index is 352. The molecule has 0 spiro atoms. The van der Waals surface area contributed by atoms with Crippen molar-refractivity contribution in [3.8, 4) is 5.75 Å². The van der Waals surface area contributed by atoms with Crippen molar-refractivity contribution < 1.29 is 9.90 Å². The highest BCUT2D eigenvalue weighted by atomic mass is 35.5. The highest BCUT2D eigenvalue weighted by Crippen LogP contribution is 2.22. The highest BCUT2D eigenvalue weighted by molar-refractivity contribution is 6.29. The Hall–Kier alpha value is -1.22. The predicted molar refractivity (Wildman–Crippen MR) is 57.0 cm³/mol. The van der Waals surface area contributed by atoms with Crippen LogP contribution < -0.4 is 4.90 Å². The second kappa shape index (κ2) is 4.33. The van der Waals surface area contributed by atoms with Crippen molar-refractivity contribution in [2.24, 2.45) is 0 Å². The maximum Gasteiger partial charge on any atom is 0.241 e. The molecule has 0 aliphatic rings. The van der Waals surface area contributed by atoms with Gasteiger partial charge in [0.1, 0.15) is 11.6 Å². The van der Waals surface area contributed by atoms with Crippen molar-refractivity contribution in [2.45, 2.75) is 6.92 Å². The topological polar surface area (TPSA) is 40.5 Å². The van der Waals surface area contributed by atoms with Crippen LogP contribution in [-0.4, -0.2) is 23.9 Å². The largest absolute Gasteiger partial charge is 0.508 e. The van der Waals surface area contributed by atoms with E-state index < -0.39 is 0 Å². The molecule has 4 heteroatoms. The van der Waals surface area contributed by atoms with E-state index in [2.05, 4.69) is 0 Å². The van der Waals surface area contributed by atoms with Gasteiger partial charge >= 0.3 is 0 Å². The average molecular weight is 214 g/mol. The summed E-state index contributed by atoms with van der Waals surface area (Å²) >= 11 is 5.43. The van der Waals surface area contributed by atoms with Gasteiger partial charge in [-0.15, -0.1) is 11.6 Å². The zero-order valence-electron chi connectivity index (χ0n) is 8.12. The van der Waals surface area contributed by atoms with Gasteiger partial charge in [0.2, 0.25) is 5.91 Å². The van der Waals surface area contributed by atoms with Crippen molar-refractivity contribution in [2.75, 3.05) is 17.8 Å². The van der Waals surface area contributed by atoms with Crippen LogP contribution in [0.25, 0.3) is 0 Å². The maximum atomic E-state index is 11.2. The Morgan fingerprint density at radius 2 is 2.21 bits per heavy atom. The molecule has 0 saturated heterocycles. The number of aryl methyl sites for hydroxylation is 1. The molecule has 76 valence electrons. The Kier molecular flexibility index (Phi) is 3.36. The quantitative estimate of drug-likeness (QED) is 0.763. The number of carbonyl (C=O) groups excluding carboxylic acids is 1. The van der Waals surface area contributed by atoms with Crippen LogP contribution in [0.1, 0.15) is 5.56 Å². The van der Waals surface area contributed by atoms with Crippen LogP contribution in [0.2, 0.25) is 0 Å². The number of anilines is 1. The summed E-state index contributed by atoms with van der Waals surface area (Å²) in [5.41, 5.74) is 1.46. The monoisotopic (exact) mass is 213 g/mol. The molecule has 1 aromatic carbocycles. The third-order valence-electron chi connectivity index (χ3n) is 2.06. The van der Waals surface area contributed by atoms with E-state index in [0.29, 0.717) is 0 Å². The number of hydrogen-bond donors (Lipinski definition) is 1. The standard InChI is InChI=1S/C10H12ClNO2/c1-7-5-8(3-4-9(7)13)12(2)10(14)6-11/h3-5,13H,6H2,1-2H3. The van der Waals surface area contributed by atoms with Gasteiger partial charge in [-0.1, -0.05) is 0 Å². The van der Waals surface area contributed by atoms with Crippen molar-refractivity contribution >= 4 is 23.2 Å². The van der Waals surface area contributed by atoms with E-state index in [-0.39, 0.29) is 17.5 Å². The van der Waals surface area contributed by atoms with Crippen LogP contribution >= 0.6 is 11.6 Å². The lowest BCUT2D eigenvalue weighted by atomic mass is 10.2. The number of benzene rings is 1. The molecule has 0 bridgehead atoms. The van der Waals surface area contributed by atoms with Crippen LogP contribution in [0.5, 0.6) is 5.75 Å². The number of amides is 1. The summed E-state index contributed by atoms with van der Waals surface area (Å²) < 4.78 is 0. The molecule has 0 saturated carbocycles. The Balaban J connectivity index is 2.96. The summed E-state index contributed by atoms with van der Waals surface area (Å²) in [5.74, 6) is 0.00778. The molecule has 1 rings (SSSR count). The Labute approximate surface area is 87.9 Å². The summed E-state index contributed by atoms with van der Waals surface area (Å²) in [6.07, 6.45) is 0. The van der Waals surface area contributed by atoms with E-state index >= 15 is 0 Å². The SMILES string of the molecule is Cc1cc(N(C)C(=O)CCl)ccc1O. The molecule has 0 aliphatic carbocycles. The fourth-order valence-electron chi connectivity index (χ4n) is 1.08. The lowest BCUT2D eigenvalue weighted by Crippen LogP contribution is -2.27. The zero-order chi connectivity index (χ0) is 10.7.